The van der Waals surface area contributed by atoms with E-state index in [2.05, 4.69) is 0 Å². The molecule has 2 N–H and O–H groups in total. The fraction of sp³-hybridized carbons (Fsp3) is 0.125. The number of primary amides is 1. The van der Waals surface area contributed by atoms with Gasteiger partial charge >= 0.3 is 0 Å². The Balaban J connectivity index is 3.35. The summed E-state index contributed by atoms with van der Waals surface area (Å²) < 4.78 is 23.3. The first-order valence-electron chi connectivity index (χ1n) is 3.90. The minimum atomic E-state index is -3.88. The molecule has 4 nitrogen and oxygen atoms in total. The van der Waals surface area contributed by atoms with Crippen molar-refractivity contribution in [1.82, 2.24) is 0 Å². The van der Waals surface area contributed by atoms with Gasteiger partial charge in [-0.3, -0.25) is 4.79 Å². The molecular weight excluding hydrogens is 297 g/mol. The van der Waals surface area contributed by atoms with Gasteiger partial charge < -0.3 is 5.73 Å². The molecule has 0 heterocycles. The molecule has 0 radical (unpaired) electrons. The molecule has 0 aromatic heterocycles. The van der Waals surface area contributed by atoms with Gasteiger partial charge in [0.05, 0.1) is 20.0 Å². The number of hydrogen-bond donors (Lipinski definition) is 1. The van der Waals surface area contributed by atoms with E-state index >= 15 is 0 Å². The maximum atomic E-state index is 11.6. The van der Waals surface area contributed by atoms with Crippen molar-refractivity contribution in [3.8, 4) is 0 Å². The zero-order valence-corrected chi connectivity index (χ0v) is 10.8. The van der Waals surface area contributed by atoms with Crippen LogP contribution in [0.25, 0.3) is 0 Å². The van der Waals surface area contributed by atoms with Crippen molar-refractivity contribution in [2.24, 2.45) is 5.73 Å². The fourth-order valence-corrected chi connectivity index (χ4v) is 3.14. The summed E-state index contributed by atoms with van der Waals surface area (Å²) in [4.78, 5) is 10.3. The van der Waals surface area contributed by atoms with Gasteiger partial charge in [-0.2, -0.15) is 0 Å². The Hall–Kier alpha value is -0.490. The Morgan fingerprint density at radius 1 is 1.19 bits per heavy atom. The molecule has 1 aromatic carbocycles. The second-order valence-corrected chi connectivity index (χ2v) is 6.02. The van der Waals surface area contributed by atoms with Crippen LogP contribution in [0.5, 0.6) is 0 Å². The van der Waals surface area contributed by atoms with E-state index in [1.807, 2.05) is 0 Å². The van der Waals surface area contributed by atoms with Crippen molar-refractivity contribution in [2.75, 3.05) is 5.75 Å². The number of carbonyl (C=O) groups is 1. The van der Waals surface area contributed by atoms with Gasteiger partial charge in [0.25, 0.3) is 0 Å². The first kappa shape index (κ1) is 13.6. The molecule has 0 aliphatic carbocycles. The van der Waals surface area contributed by atoms with E-state index in [0.29, 0.717) is 0 Å². The normalized spacial score (nSPS) is 11.4. The molecule has 0 saturated carbocycles. The predicted octanol–water partition coefficient (Wildman–Crippen LogP) is 1.91. The molecule has 16 heavy (non-hydrogen) atoms. The van der Waals surface area contributed by atoms with Crippen molar-refractivity contribution < 1.29 is 13.2 Å². The van der Waals surface area contributed by atoms with E-state index in [0.717, 1.165) is 0 Å². The van der Waals surface area contributed by atoms with Crippen molar-refractivity contribution in [2.45, 2.75) is 4.90 Å². The van der Waals surface area contributed by atoms with Gasteiger partial charge in [-0.05, 0) is 12.1 Å². The third-order valence-corrected chi connectivity index (χ3v) is 4.75. The van der Waals surface area contributed by atoms with E-state index < -0.39 is 21.5 Å². The van der Waals surface area contributed by atoms with Crippen LogP contribution in [0.2, 0.25) is 15.1 Å². The topological polar surface area (TPSA) is 77.2 Å². The standard InChI is InChI=1S/C8H6Cl3NO3S/c9-4-1-2-5(8(11)7(4)10)16(14,15)3-6(12)13/h1-2H,3H2,(H2,12,13). The lowest BCUT2D eigenvalue weighted by Gasteiger charge is -2.06. The Morgan fingerprint density at radius 3 is 2.25 bits per heavy atom. The van der Waals surface area contributed by atoms with Crippen LogP contribution in [0.4, 0.5) is 0 Å². The smallest absolute Gasteiger partial charge is 0.233 e. The Morgan fingerprint density at radius 2 is 1.75 bits per heavy atom. The second kappa shape index (κ2) is 4.79. The molecule has 88 valence electrons. The predicted molar refractivity (Wildman–Crippen MR) is 62.7 cm³/mol. The Kier molecular flexibility index (Phi) is 4.07. The molecule has 0 fully saturated rings. The zero-order chi connectivity index (χ0) is 12.5. The number of benzene rings is 1. The van der Waals surface area contributed by atoms with Crippen LogP contribution in [0.15, 0.2) is 17.0 Å². The van der Waals surface area contributed by atoms with E-state index in [9.17, 15) is 13.2 Å². The lowest BCUT2D eigenvalue weighted by atomic mass is 10.4. The SMILES string of the molecule is NC(=O)CS(=O)(=O)c1ccc(Cl)c(Cl)c1Cl. The first-order valence-corrected chi connectivity index (χ1v) is 6.69. The minimum Gasteiger partial charge on any atom is -0.369 e. The van der Waals surface area contributed by atoms with Crippen LogP contribution >= 0.6 is 34.8 Å². The fourth-order valence-electron chi connectivity index (χ4n) is 1.01. The summed E-state index contributed by atoms with van der Waals surface area (Å²) in [7, 11) is -3.88. The number of nitrogens with two attached hydrogens (primary N) is 1. The van der Waals surface area contributed by atoms with E-state index in [1.165, 1.54) is 12.1 Å². The van der Waals surface area contributed by atoms with Gasteiger partial charge in [-0.1, -0.05) is 34.8 Å². The lowest BCUT2D eigenvalue weighted by molar-refractivity contribution is -0.115. The Labute approximate surface area is 107 Å². The molecule has 0 aliphatic rings. The van der Waals surface area contributed by atoms with Gasteiger partial charge in [0.2, 0.25) is 5.91 Å². The average Bonchev–Trinajstić information content (AvgIpc) is 2.11. The number of hydrogen-bond acceptors (Lipinski definition) is 3. The van der Waals surface area contributed by atoms with Crippen LogP contribution in [0.1, 0.15) is 0 Å². The minimum absolute atomic E-state index is 0.0751. The average molecular weight is 303 g/mol. The summed E-state index contributed by atoms with van der Waals surface area (Å²) in [6, 6.07) is 2.46. The quantitative estimate of drug-likeness (QED) is 0.866. The van der Waals surface area contributed by atoms with Gasteiger partial charge in [-0.15, -0.1) is 0 Å². The summed E-state index contributed by atoms with van der Waals surface area (Å²) in [6.07, 6.45) is 0. The third kappa shape index (κ3) is 2.79. The molecule has 0 unspecified atom stereocenters. The molecule has 1 amide bonds. The molecule has 0 saturated heterocycles. The van der Waals surface area contributed by atoms with Crippen LogP contribution in [-0.4, -0.2) is 20.1 Å². The van der Waals surface area contributed by atoms with Gasteiger partial charge in [0.15, 0.2) is 9.84 Å². The van der Waals surface area contributed by atoms with E-state index in [1.54, 1.807) is 0 Å². The molecule has 1 aromatic rings. The van der Waals surface area contributed by atoms with E-state index in [4.69, 9.17) is 40.5 Å². The highest BCUT2D eigenvalue weighted by Crippen LogP contribution is 2.35. The number of sulfone groups is 1. The van der Waals surface area contributed by atoms with Crippen molar-refractivity contribution in [3.05, 3.63) is 27.2 Å². The second-order valence-electron chi connectivity index (χ2n) is 2.90. The van der Waals surface area contributed by atoms with Gasteiger partial charge in [0, 0.05) is 0 Å². The van der Waals surface area contributed by atoms with Crippen LogP contribution in [-0.2, 0) is 14.6 Å². The first-order chi connectivity index (χ1) is 7.25. The van der Waals surface area contributed by atoms with Crippen molar-refractivity contribution in [3.63, 3.8) is 0 Å². The van der Waals surface area contributed by atoms with Crippen LogP contribution < -0.4 is 5.73 Å². The summed E-state index contributed by atoms with van der Waals surface area (Å²) >= 11 is 17.0. The molecular formula is C8H6Cl3NO3S. The molecule has 0 spiro atoms. The number of carbonyl (C=O) groups excluding carboxylic acids is 1. The maximum absolute atomic E-state index is 11.6. The number of rotatable bonds is 3. The third-order valence-electron chi connectivity index (χ3n) is 1.67. The Bertz CT molecular complexity index is 542. The summed E-state index contributed by atoms with van der Waals surface area (Å²) in [6.45, 7) is 0. The zero-order valence-electron chi connectivity index (χ0n) is 7.71. The largest absolute Gasteiger partial charge is 0.369 e. The summed E-state index contributed by atoms with van der Waals surface area (Å²) in [5.41, 5.74) is 4.81. The summed E-state index contributed by atoms with van der Waals surface area (Å²) in [5, 5.41) is -0.158. The number of amides is 1. The van der Waals surface area contributed by atoms with Crippen molar-refractivity contribution in [1.29, 1.82) is 0 Å². The van der Waals surface area contributed by atoms with Crippen LogP contribution in [0, 0.1) is 0 Å². The molecule has 1 rings (SSSR count). The highest BCUT2D eigenvalue weighted by atomic mass is 35.5. The molecule has 0 aliphatic heterocycles. The number of halogens is 3. The molecule has 8 heteroatoms. The van der Waals surface area contributed by atoms with E-state index in [-0.39, 0.29) is 20.0 Å². The highest BCUT2D eigenvalue weighted by Gasteiger charge is 2.23. The van der Waals surface area contributed by atoms with Gasteiger partial charge in [-0.25, -0.2) is 8.42 Å². The monoisotopic (exact) mass is 301 g/mol. The highest BCUT2D eigenvalue weighted by molar-refractivity contribution is 7.92. The maximum Gasteiger partial charge on any atom is 0.233 e. The van der Waals surface area contributed by atoms with Crippen LogP contribution in [0.3, 0.4) is 0 Å². The van der Waals surface area contributed by atoms with Crippen molar-refractivity contribution >= 4 is 50.5 Å². The molecule has 0 bridgehead atoms. The van der Waals surface area contributed by atoms with Gasteiger partial charge in [0.1, 0.15) is 5.75 Å². The lowest BCUT2D eigenvalue weighted by Crippen LogP contribution is -2.23. The summed E-state index contributed by atoms with van der Waals surface area (Å²) in [5.74, 6) is -1.80. The molecule has 0 atom stereocenters.